The highest BCUT2D eigenvalue weighted by atomic mass is 16.6. The van der Waals surface area contributed by atoms with Crippen LogP contribution in [-0.2, 0) is 14.3 Å². The summed E-state index contributed by atoms with van der Waals surface area (Å²) in [5.74, 6) is 0.314. The summed E-state index contributed by atoms with van der Waals surface area (Å²) in [6.45, 7) is 11.5. The summed E-state index contributed by atoms with van der Waals surface area (Å²) in [6, 6.07) is -0.511. The first-order chi connectivity index (χ1) is 11.3. The number of esters is 1. The van der Waals surface area contributed by atoms with Gasteiger partial charge in [0.25, 0.3) is 0 Å². The maximum atomic E-state index is 12.5. The van der Waals surface area contributed by atoms with Crippen molar-refractivity contribution < 1.29 is 19.1 Å². The van der Waals surface area contributed by atoms with Crippen LogP contribution in [0.2, 0.25) is 0 Å². The topological polar surface area (TPSA) is 59.1 Å². The molecule has 0 aliphatic carbocycles. The fourth-order valence-corrected chi connectivity index (χ4v) is 3.96. The second kappa shape index (κ2) is 7.72. The Hall–Kier alpha value is -1.30. The van der Waals surface area contributed by atoms with E-state index in [0.717, 1.165) is 38.9 Å². The van der Waals surface area contributed by atoms with Crippen molar-refractivity contribution in [2.45, 2.75) is 58.6 Å². The molecule has 6 heteroatoms. The number of nitrogens with zero attached hydrogens (tertiary/aromatic N) is 2. The van der Waals surface area contributed by atoms with Gasteiger partial charge >= 0.3 is 12.1 Å². The van der Waals surface area contributed by atoms with Gasteiger partial charge in [-0.25, -0.2) is 9.59 Å². The largest absolute Gasteiger partial charge is 0.467 e. The zero-order valence-electron chi connectivity index (χ0n) is 15.7. The van der Waals surface area contributed by atoms with E-state index in [1.165, 1.54) is 7.11 Å². The number of piperidine rings is 1. The highest BCUT2D eigenvalue weighted by molar-refractivity contribution is 5.82. The van der Waals surface area contributed by atoms with Gasteiger partial charge in [-0.05, 0) is 71.5 Å². The molecule has 6 nitrogen and oxygen atoms in total. The number of hydrogen-bond donors (Lipinski definition) is 0. The molecule has 0 bridgehead atoms. The van der Waals surface area contributed by atoms with Crippen molar-refractivity contribution in [1.82, 2.24) is 9.80 Å². The molecule has 0 N–H and O–H groups in total. The molecule has 2 aliphatic rings. The van der Waals surface area contributed by atoms with Crippen LogP contribution in [0.25, 0.3) is 0 Å². The first kappa shape index (κ1) is 19.0. The third-order valence-corrected chi connectivity index (χ3v) is 5.20. The van der Waals surface area contributed by atoms with E-state index in [9.17, 15) is 9.59 Å². The first-order valence-electron chi connectivity index (χ1n) is 9.06. The average molecular weight is 340 g/mol. The Balaban J connectivity index is 2.09. The van der Waals surface area contributed by atoms with E-state index >= 15 is 0 Å². The number of carbonyl (C=O) groups is 2. The summed E-state index contributed by atoms with van der Waals surface area (Å²) >= 11 is 0. The van der Waals surface area contributed by atoms with Crippen LogP contribution >= 0.6 is 0 Å². The zero-order chi connectivity index (χ0) is 17.9. The normalized spacial score (nSPS) is 26.5. The maximum Gasteiger partial charge on any atom is 0.411 e. The van der Waals surface area contributed by atoms with Crippen molar-refractivity contribution in [1.29, 1.82) is 0 Å². The number of likely N-dealkylation sites (tertiary alicyclic amines) is 2. The molecule has 0 aromatic heterocycles. The molecule has 2 aliphatic heterocycles. The molecule has 2 saturated heterocycles. The Labute approximate surface area is 145 Å². The number of amides is 1. The van der Waals surface area contributed by atoms with E-state index in [-0.39, 0.29) is 11.9 Å². The standard InChI is InChI=1S/C18H32N2O4/c1-6-19-10-7-13(8-11-19)14-9-12-20(15(14)16(21)23-5)17(22)24-18(2,3)4/h13-15H,6-12H2,1-5H3. The van der Waals surface area contributed by atoms with Gasteiger partial charge in [0, 0.05) is 6.54 Å². The van der Waals surface area contributed by atoms with Gasteiger partial charge in [-0.15, -0.1) is 0 Å². The van der Waals surface area contributed by atoms with Crippen LogP contribution in [0.15, 0.2) is 0 Å². The van der Waals surface area contributed by atoms with Crippen LogP contribution < -0.4 is 0 Å². The molecule has 0 radical (unpaired) electrons. The smallest absolute Gasteiger partial charge is 0.411 e. The molecule has 138 valence electrons. The third kappa shape index (κ3) is 4.41. The molecular formula is C18H32N2O4. The number of rotatable bonds is 3. The predicted molar refractivity (Wildman–Crippen MR) is 91.7 cm³/mol. The van der Waals surface area contributed by atoms with E-state index in [1.54, 1.807) is 4.90 Å². The van der Waals surface area contributed by atoms with Crippen molar-refractivity contribution in [2.75, 3.05) is 33.3 Å². The van der Waals surface area contributed by atoms with Crippen LogP contribution in [0.1, 0.15) is 47.0 Å². The molecule has 0 spiro atoms. The maximum absolute atomic E-state index is 12.5. The quantitative estimate of drug-likeness (QED) is 0.739. The molecule has 1 amide bonds. The summed E-state index contributed by atoms with van der Waals surface area (Å²) in [5, 5.41) is 0. The lowest BCUT2D eigenvalue weighted by Crippen LogP contribution is -2.48. The van der Waals surface area contributed by atoms with Crippen LogP contribution in [0, 0.1) is 11.8 Å². The predicted octanol–water partition coefficient (Wildman–Crippen LogP) is 2.52. The fraction of sp³-hybridized carbons (Fsp3) is 0.889. The van der Waals surface area contributed by atoms with E-state index in [1.807, 2.05) is 20.8 Å². The molecule has 2 atom stereocenters. The van der Waals surface area contributed by atoms with Crippen molar-refractivity contribution >= 4 is 12.1 Å². The van der Waals surface area contributed by atoms with Gasteiger partial charge < -0.3 is 14.4 Å². The molecule has 2 heterocycles. The Morgan fingerprint density at radius 1 is 1.08 bits per heavy atom. The highest BCUT2D eigenvalue weighted by Gasteiger charge is 2.47. The molecule has 24 heavy (non-hydrogen) atoms. The minimum Gasteiger partial charge on any atom is -0.467 e. The summed E-state index contributed by atoms with van der Waals surface area (Å²) in [7, 11) is 1.39. The zero-order valence-corrected chi connectivity index (χ0v) is 15.7. The Morgan fingerprint density at radius 2 is 1.71 bits per heavy atom. The van der Waals surface area contributed by atoms with Crippen molar-refractivity contribution in [2.24, 2.45) is 11.8 Å². The van der Waals surface area contributed by atoms with Gasteiger partial charge in [-0.3, -0.25) is 4.90 Å². The van der Waals surface area contributed by atoms with Crippen molar-refractivity contribution in [3.63, 3.8) is 0 Å². The lowest BCUT2D eigenvalue weighted by atomic mass is 9.80. The van der Waals surface area contributed by atoms with E-state index in [4.69, 9.17) is 9.47 Å². The minimum absolute atomic E-state index is 0.170. The van der Waals surface area contributed by atoms with Crippen LogP contribution in [-0.4, -0.2) is 66.8 Å². The molecular weight excluding hydrogens is 308 g/mol. The fourth-order valence-electron chi connectivity index (χ4n) is 3.96. The van der Waals surface area contributed by atoms with Crippen LogP contribution in [0.4, 0.5) is 4.79 Å². The van der Waals surface area contributed by atoms with Crippen molar-refractivity contribution in [3.8, 4) is 0 Å². The van der Waals surface area contributed by atoms with Gasteiger partial charge in [0.15, 0.2) is 0 Å². The average Bonchev–Trinajstić information content (AvgIpc) is 2.97. The number of carbonyl (C=O) groups excluding carboxylic acids is 2. The molecule has 0 aromatic carbocycles. The summed E-state index contributed by atoms with van der Waals surface area (Å²) in [6.07, 6.45) is 2.59. The van der Waals surface area contributed by atoms with E-state index in [2.05, 4.69) is 11.8 Å². The lowest BCUT2D eigenvalue weighted by molar-refractivity contribution is -0.148. The van der Waals surface area contributed by atoms with Crippen LogP contribution in [0.5, 0.6) is 0 Å². The minimum atomic E-state index is -0.567. The first-order valence-corrected chi connectivity index (χ1v) is 9.06. The lowest BCUT2D eigenvalue weighted by Gasteiger charge is -2.36. The molecule has 0 aromatic rings. The second-order valence-electron chi connectivity index (χ2n) is 7.87. The number of methoxy groups -OCH3 is 1. The van der Waals surface area contributed by atoms with E-state index < -0.39 is 17.7 Å². The summed E-state index contributed by atoms with van der Waals surface area (Å²) in [5.41, 5.74) is -0.567. The van der Waals surface area contributed by atoms with Gasteiger partial charge in [-0.2, -0.15) is 0 Å². The van der Waals surface area contributed by atoms with Gasteiger partial charge in [0.2, 0.25) is 0 Å². The van der Waals surface area contributed by atoms with Gasteiger partial charge in [0.05, 0.1) is 7.11 Å². The Morgan fingerprint density at radius 3 is 2.21 bits per heavy atom. The Bertz CT molecular complexity index is 452. The SMILES string of the molecule is CCN1CCC(C2CCN(C(=O)OC(C)(C)C)C2C(=O)OC)CC1. The van der Waals surface area contributed by atoms with Crippen LogP contribution in [0.3, 0.4) is 0 Å². The Kier molecular flexibility index (Phi) is 6.12. The van der Waals surface area contributed by atoms with Gasteiger partial charge in [-0.1, -0.05) is 6.92 Å². The molecule has 2 unspecified atom stereocenters. The van der Waals surface area contributed by atoms with Gasteiger partial charge in [0.1, 0.15) is 11.6 Å². The number of ether oxygens (including phenoxy) is 2. The molecule has 2 rings (SSSR count). The summed E-state index contributed by atoms with van der Waals surface area (Å²) < 4.78 is 10.5. The number of hydrogen-bond acceptors (Lipinski definition) is 5. The summed E-state index contributed by atoms with van der Waals surface area (Å²) in [4.78, 5) is 28.9. The van der Waals surface area contributed by atoms with Crippen molar-refractivity contribution in [3.05, 3.63) is 0 Å². The monoisotopic (exact) mass is 340 g/mol. The third-order valence-electron chi connectivity index (χ3n) is 5.20. The molecule has 2 fully saturated rings. The molecule has 0 saturated carbocycles. The highest BCUT2D eigenvalue weighted by Crippen LogP contribution is 2.37. The second-order valence-corrected chi connectivity index (χ2v) is 7.87. The van der Waals surface area contributed by atoms with E-state index in [0.29, 0.717) is 12.5 Å².